The summed E-state index contributed by atoms with van der Waals surface area (Å²) >= 11 is 1.66. The fourth-order valence-electron chi connectivity index (χ4n) is 3.09. The summed E-state index contributed by atoms with van der Waals surface area (Å²) in [5.41, 5.74) is -0.929. The van der Waals surface area contributed by atoms with Crippen LogP contribution >= 0.6 is 11.3 Å². The smallest absolute Gasteiger partial charge is 0.433 e. The Hall–Kier alpha value is -1.90. The van der Waals surface area contributed by atoms with Crippen LogP contribution < -0.4 is 9.64 Å². The van der Waals surface area contributed by atoms with Crippen LogP contribution in [0.15, 0.2) is 18.3 Å². The molecule has 1 atom stereocenters. The summed E-state index contributed by atoms with van der Waals surface area (Å²) in [7, 11) is 0. The van der Waals surface area contributed by atoms with E-state index in [1.54, 1.807) is 11.3 Å². The van der Waals surface area contributed by atoms with E-state index in [0.29, 0.717) is 12.5 Å². The molecule has 0 bridgehead atoms. The quantitative estimate of drug-likeness (QED) is 0.776. The summed E-state index contributed by atoms with van der Waals surface area (Å²) in [6, 6.07) is 2.41. The second kappa shape index (κ2) is 7.02. The van der Waals surface area contributed by atoms with Gasteiger partial charge in [-0.2, -0.15) is 13.2 Å². The van der Waals surface area contributed by atoms with Gasteiger partial charge in [0.15, 0.2) is 0 Å². The van der Waals surface area contributed by atoms with Crippen LogP contribution in [0.5, 0.6) is 5.75 Å². The molecule has 0 N–H and O–H groups in total. The molecule has 0 spiro atoms. The highest BCUT2D eigenvalue weighted by atomic mass is 32.1. The SMILES string of the molecule is FC(F)(F)c1cc(OCC2CCCN(c3nnc(C4CC4)s3)C2)ccn1. The maximum atomic E-state index is 12.7. The van der Waals surface area contributed by atoms with Gasteiger partial charge in [0.1, 0.15) is 16.5 Å². The van der Waals surface area contributed by atoms with Crippen molar-refractivity contribution < 1.29 is 17.9 Å². The normalized spacial score (nSPS) is 21.0. The minimum absolute atomic E-state index is 0.205. The number of hydrogen-bond acceptors (Lipinski definition) is 6. The Labute approximate surface area is 153 Å². The van der Waals surface area contributed by atoms with E-state index >= 15 is 0 Å². The molecule has 26 heavy (non-hydrogen) atoms. The maximum Gasteiger partial charge on any atom is 0.433 e. The van der Waals surface area contributed by atoms with Gasteiger partial charge in [-0.25, -0.2) is 0 Å². The van der Waals surface area contributed by atoms with Crippen LogP contribution in [0.25, 0.3) is 0 Å². The minimum Gasteiger partial charge on any atom is -0.493 e. The number of alkyl halides is 3. The third-order valence-electron chi connectivity index (χ3n) is 4.65. The molecule has 1 aliphatic heterocycles. The van der Waals surface area contributed by atoms with Crippen molar-refractivity contribution in [1.29, 1.82) is 0 Å². The van der Waals surface area contributed by atoms with Gasteiger partial charge in [-0.15, -0.1) is 10.2 Å². The summed E-state index contributed by atoms with van der Waals surface area (Å²) < 4.78 is 43.8. The number of nitrogens with zero attached hydrogens (tertiary/aromatic N) is 4. The average molecular weight is 384 g/mol. The standard InChI is InChI=1S/C17H19F3N4OS/c18-17(19,20)14-8-13(5-6-21-14)25-10-11-2-1-7-24(9-11)16-23-22-15(26-16)12-3-4-12/h5-6,8,11-12H,1-4,7,9-10H2. The molecule has 2 fully saturated rings. The first-order chi connectivity index (χ1) is 12.5. The number of anilines is 1. The van der Waals surface area contributed by atoms with Gasteiger partial charge in [-0.05, 0) is 31.7 Å². The molecule has 2 aliphatic rings. The van der Waals surface area contributed by atoms with Gasteiger partial charge in [-0.3, -0.25) is 4.98 Å². The zero-order chi connectivity index (χ0) is 18.1. The Morgan fingerprint density at radius 3 is 2.85 bits per heavy atom. The number of hydrogen-bond donors (Lipinski definition) is 0. The zero-order valence-corrected chi connectivity index (χ0v) is 14.9. The molecule has 3 heterocycles. The molecule has 4 rings (SSSR count). The third kappa shape index (κ3) is 4.08. The number of piperidine rings is 1. The highest BCUT2D eigenvalue weighted by molar-refractivity contribution is 7.15. The minimum atomic E-state index is -4.46. The van der Waals surface area contributed by atoms with Gasteiger partial charge in [0.05, 0.1) is 6.61 Å². The van der Waals surface area contributed by atoms with Gasteiger partial charge in [0.2, 0.25) is 5.13 Å². The van der Waals surface area contributed by atoms with E-state index in [1.807, 2.05) is 0 Å². The fraction of sp³-hybridized carbons (Fsp3) is 0.588. The van der Waals surface area contributed by atoms with Crippen LogP contribution in [0.2, 0.25) is 0 Å². The Kier molecular flexibility index (Phi) is 4.73. The molecule has 9 heteroatoms. The van der Waals surface area contributed by atoms with Crippen molar-refractivity contribution in [2.75, 3.05) is 24.6 Å². The van der Waals surface area contributed by atoms with E-state index in [-0.39, 0.29) is 11.7 Å². The second-order valence-electron chi connectivity index (χ2n) is 6.84. The van der Waals surface area contributed by atoms with Crippen LogP contribution in [0.4, 0.5) is 18.3 Å². The Morgan fingerprint density at radius 1 is 1.23 bits per heavy atom. The number of aromatic nitrogens is 3. The van der Waals surface area contributed by atoms with E-state index in [2.05, 4.69) is 20.1 Å². The highest BCUT2D eigenvalue weighted by Crippen LogP contribution is 2.43. The van der Waals surface area contributed by atoms with Crippen molar-refractivity contribution in [2.45, 2.75) is 37.8 Å². The summed E-state index contributed by atoms with van der Waals surface area (Å²) in [6.45, 7) is 2.10. The lowest BCUT2D eigenvalue weighted by Crippen LogP contribution is -2.37. The molecule has 0 amide bonds. The van der Waals surface area contributed by atoms with E-state index in [0.717, 1.165) is 48.3 Å². The van der Waals surface area contributed by atoms with Crippen LogP contribution in [0.1, 0.15) is 42.3 Å². The van der Waals surface area contributed by atoms with E-state index in [9.17, 15) is 13.2 Å². The Morgan fingerprint density at radius 2 is 2.08 bits per heavy atom. The van der Waals surface area contributed by atoms with Gasteiger partial charge >= 0.3 is 6.18 Å². The first kappa shape index (κ1) is 17.5. The molecule has 1 saturated heterocycles. The molecular weight excluding hydrogens is 365 g/mol. The molecule has 1 aliphatic carbocycles. The molecule has 2 aromatic heterocycles. The summed E-state index contributed by atoms with van der Waals surface area (Å²) in [6.07, 6.45) is 1.08. The van der Waals surface area contributed by atoms with Crippen LogP contribution in [0, 0.1) is 5.92 Å². The van der Waals surface area contributed by atoms with Gasteiger partial charge in [0.25, 0.3) is 0 Å². The maximum absolute atomic E-state index is 12.7. The van der Waals surface area contributed by atoms with E-state index in [4.69, 9.17) is 4.74 Å². The van der Waals surface area contributed by atoms with Crippen molar-refractivity contribution in [3.05, 3.63) is 29.0 Å². The third-order valence-corrected chi connectivity index (χ3v) is 5.80. The lowest BCUT2D eigenvalue weighted by atomic mass is 9.99. The van der Waals surface area contributed by atoms with Gasteiger partial charge < -0.3 is 9.64 Å². The number of pyridine rings is 1. The van der Waals surface area contributed by atoms with E-state index < -0.39 is 11.9 Å². The average Bonchev–Trinajstić information content (AvgIpc) is 3.37. The van der Waals surface area contributed by atoms with Crippen molar-refractivity contribution >= 4 is 16.5 Å². The lowest BCUT2D eigenvalue weighted by molar-refractivity contribution is -0.141. The highest BCUT2D eigenvalue weighted by Gasteiger charge is 2.33. The summed E-state index contributed by atoms with van der Waals surface area (Å²) in [4.78, 5) is 5.57. The van der Waals surface area contributed by atoms with Crippen molar-refractivity contribution in [1.82, 2.24) is 15.2 Å². The fourth-order valence-corrected chi connectivity index (χ4v) is 4.14. The Bertz CT molecular complexity index is 762. The molecule has 1 unspecified atom stereocenters. The molecule has 1 saturated carbocycles. The molecule has 140 valence electrons. The topological polar surface area (TPSA) is 51.1 Å². The van der Waals surface area contributed by atoms with Crippen molar-refractivity contribution in [3.63, 3.8) is 0 Å². The van der Waals surface area contributed by atoms with Gasteiger partial charge in [0, 0.05) is 37.2 Å². The molecule has 0 aromatic carbocycles. The van der Waals surface area contributed by atoms with E-state index in [1.165, 1.54) is 18.9 Å². The predicted octanol–water partition coefficient (Wildman–Crippen LogP) is 4.12. The first-order valence-corrected chi connectivity index (χ1v) is 9.55. The van der Waals surface area contributed by atoms with Crippen molar-refractivity contribution in [2.24, 2.45) is 5.92 Å². The first-order valence-electron chi connectivity index (χ1n) is 8.73. The summed E-state index contributed by atoms with van der Waals surface area (Å²) in [5.74, 6) is 1.05. The lowest BCUT2D eigenvalue weighted by Gasteiger charge is -2.32. The van der Waals surface area contributed by atoms with Gasteiger partial charge in [-0.1, -0.05) is 11.3 Å². The monoisotopic (exact) mass is 384 g/mol. The molecule has 2 aromatic rings. The number of ether oxygens (including phenoxy) is 1. The molecule has 0 radical (unpaired) electrons. The second-order valence-corrected chi connectivity index (χ2v) is 7.82. The largest absolute Gasteiger partial charge is 0.493 e. The van der Waals surface area contributed by atoms with Crippen LogP contribution in [-0.2, 0) is 6.18 Å². The van der Waals surface area contributed by atoms with Crippen LogP contribution in [0.3, 0.4) is 0 Å². The Balaban J connectivity index is 1.35. The van der Waals surface area contributed by atoms with Crippen molar-refractivity contribution in [3.8, 4) is 5.75 Å². The van der Waals surface area contributed by atoms with Crippen LogP contribution in [-0.4, -0.2) is 34.9 Å². The summed E-state index contributed by atoms with van der Waals surface area (Å²) in [5, 5.41) is 10.7. The zero-order valence-electron chi connectivity index (χ0n) is 14.1. The number of rotatable bonds is 5. The number of halogens is 3. The molecular formula is C17H19F3N4OS. The predicted molar refractivity (Wildman–Crippen MR) is 91.6 cm³/mol. The molecule has 5 nitrogen and oxygen atoms in total.